The molecular formula is C23H29NO4. The minimum absolute atomic E-state index is 0.145. The van der Waals surface area contributed by atoms with Crippen molar-refractivity contribution in [1.29, 1.82) is 0 Å². The zero-order valence-electron chi connectivity index (χ0n) is 16.6. The van der Waals surface area contributed by atoms with Gasteiger partial charge in [-0.3, -0.25) is 19.3 Å². The number of imide groups is 1. The smallest absolute Gasteiger partial charge is 0.303 e. The Morgan fingerprint density at radius 1 is 0.893 bits per heavy atom. The van der Waals surface area contributed by atoms with Crippen LogP contribution in [0.5, 0.6) is 0 Å². The van der Waals surface area contributed by atoms with E-state index in [1.54, 1.807) is 24.3 Å². The standard InChI is InChI=1S/C23H29NO4/c1-2-3-4-6-11-16-17(12-7-5-8-15-20(25)26)21(16)24-22(27)18-13-9-10-14-19(18)23(24)28/h9-10,13-14,21H,2-8,11-12,15H2,1H3,(H,25,26). The fourth-order valence-corrected chi connectivity index (χ4v) is 4.16. The summed E-state index contributed by atoms with van der Waals surface area (Å²) in [5.74, 6) is -1.12. The van der Waals surface area contributed by atoms with Crippen molar-refractivity contribution in [2.45, 2.75) is 77.2 Å². The van der Waals surface area contributed by atoms with E-state index in [0.29, 0.717) is 17.5 Å². The van der Waals surface area contributed by atoms with Gasteiger partial charge < -0.3 is 5.11 Å². The van der Waals surface area contributed by atoms with Gasteiger partial charge >= 0.3 is 5.97 Å². The van der Waals surface area contributed by atoms with E-state index in [4.69, 9.17) is 5.11 Å². The van der Waals surface area contributed by atoms with Crippen LogP contribution in [0.1, 0.15) is 91.8 Å². The molecule has 5 nitrogen and oxygen atoms in total. The molecule has 0 bridgehead atoms. The molecule has 1 aliphatic heterocycles. The zero-order chi connectivity index (χ0) is 20.1. The fraction of sp³-hybridized carbons (Fsp3) is 0.522. The number of benzene rings is 1. The summed E-state index contributed by atoms with van der Waals surface area (Å²) < 4.78 is 0. The van der Waals surface area contributed by atoms with Crippen LogP contribution in [0, 0.1) is 0 Å². The van der Waals surface area contributed by atoms with Gasteiger partial charge in [-0.1, -0.05) is 44.7 Å². The summed E-state index contributed by atoms with van der Waals surface area (Å²) in [4.78, 5) is 37.7. The third kappa shape index (κ3) is 4.34. The molecule has 0 saturated heterocycles. The highest BCUT2D eigenvalue weighted by atomic mass is 16.4. The lowest BCUT2D eigenvalue weighted by Crippen LogP contribution is -2.34. The molecule has 1 unspecified atom stereocenters. The van der Waals surface area contributed by atoms with Crippen molar-refractivity contribution in [2.24, 2.45) is 0 Å². The van der Waals surface area contributed by atoms with Gasteiger partial charge in [0.05, 0.1) is 17.2 Å². The van der Waals surface area contributed by atoms with Crippen molar-refractivity contribution in [2.75, 3.05) is 0 Å². The maximum Gasteiger partial charge on any atom is 0.303 e. The van der Waals surface area contributed by atoms with Crippen LogP contribution in [-0.2, 0) is 4.79 Å². The number of amides is 2. The predicted octanol–water partition coefficient (Wildman–Crippen LogP) is 4.97. The molecule has 1 aliphatic carbocycles. The molecule has 1 atom stereocenters. The van der Waals surface area contributed by atoms with Crippen LogP contribution in [0.25, 0.3) is 0 Å². The molecule has 1 aromatic carbocycles. The first-order chi connectivity index (χ1) is 13.6. The van der Waals surface area contributed by atoms with E-state index in [2.05, 4.69) is 6.92 Å². The summed E-state index contributed by atoms with van der Waals surface area (Å²) >= 11 is 0. The molecule has 2 amide bonds. The molecular weight excluding hydrogens is 354 g/mol. The van der Waals surface area contributed by atoms with Gasteiger partial charge in [0.25, 0.3) is 11.8 Å². The van der Waals surface area contributed by atoms with Gasteiger partial charge in [-0.25, -0.2) is 0 Å². The van der Waals surface area contributed by atoms with Crippen molar-refractivity contribution in [3.63, 3.8) is 0 Å². The first-order valence-electron chi connectivity index (χ1n) is 10.5. The van der Waals surface area contributed by atoms with Crippen molar-refractivity contribution >= 4 is 17.8 Å². The molecule has 1 aromatic rings. The zero-order valence-corrected chi connectivity index (χ0v) is 16.6. The third-order valence-electron chi connectivity index (χ3n) is 5.71. The van der Waals surface area contributed by atoms with Crippen LogP contribution in [0.4, 0.5) is 0 Å². The van der Waals surface area contributed by atoms with E-state index >= 15 is 0 Å². The molecule has 1 heterocycles. The highest BCUT2D eigenvalue weighted by molar-refractivity contribution is 6.22. The summed E-state index contributed by atoms with van der Waals surface area (Å²) in [6.07, 6.45) is 9.06. The second-order valence-corrected chi connectivity index (χ2v) is 7.74. The van der Waals surface area contributed by atoms with Gasteiger partial charge in [0.2, 0.25) is 0 Å². The fourth-order valence-electron chi connectivity index (χ4n) is 4.16. The van der Waals surface area contributed by atoms with Crippen LogP contribution in [0.3, 0.4) is 0 Å². The number of nitrogens with zero attached hydrogens (tertiary/aromatic N) is 1. The first-order valence-corrected chi connectivity index (χ1v) is 10.5. The first kappa shape index (κ1) is 20.3. The molecule has 0 saturated carbocycles. The molecule has 3 rings (SSSR count). The normalized spacial score (nSPS) is 18.0. The van der Waals surface area contributed by atoms with E-state index in [-0.39, 0.29) is 24.3 Å². The Hall–Kier alpha value is -2.43. The summed E-state index contributed by atoms with van der Waals surface area (Å²) in [6, 6.07) is 6.90. The Balaban J connectivity index is 1.63. The number of carbonyl (C=O) groups is 3. The molecule has 0 radical (unpaired) electrons. The molecule has 2 aliphatic rings. The average molecular weight is 383 g/mol. The van der Waals surface area contributed by atoms with E-state index in [1.807, 2.05) is 0 Å². The summed E-state index contributed by atoms with van der Waals surface area (Å²) in [5.41, 5.74) is 3.49. The molecule has 150 valence electrons. The minimum Gasteiger partial charge on any atom is -0.481 e. The quantitative estimate of drug-likeness (QED) is 0.314. The van der Waals surface area contributed by atoms with E-state index in [0.717, 1.165) is 32.1 Å². The number of unbranched alkanes of at least 4 members (excludes halogenated alkanes) is 5. The number of hydrogen-bond donors (Lipinski definition) is 1. The maximum absolute atomic E-state index is 12.8. The van der Waals surface area contributed by atoms with E-state index < -0.39 is 5.97 Å². The monoisotopic (exact) mass is 383 g/mol. The van der Waals surface area contributed by atoms with Gasteiger partial charge in [0.15, 0.2) is 0 Å². The lowest BCUT2D eigenvalue weighted by Gasteiger charge is -2.16. The van der Waals surface area contributed by atoms with Crippen molar-refractivity contribution in [3.8, 4) is 0 Å². The van der Waals surface area contributed by atoms with Gasteiger partial charge in [-0.15, -0.1) is 0 Å². The lowest BCUT2D eigenvalue weighted by molar-refractivity contribution is -0.137. The maximum atomic E-state index is 12.8. The topological polar surface area (TPSA) is 74.7 Å². The number of fused-ring (bicyclic) bond motifs is 1. The lowest BCUT2D eigenvalue weighted by atomic mass is 10.1. The number of carboxylic acid groups (broad SMARTS) is 1. The highest BCUT2D eigenvalue weighted by Crippen LogP contribution is 2.46. The van der Waals surface area contributed by atoms with Crippen LogP contribution in [0.15, 0.2) is 35.4 Å². The Labute approximate surface area is 166 Å². The Morgan fingerprint density at radius 3 is 1.93 bits per heavy atom. The molecule has 0 spiro atoms. The largest absolute Gasteiger partial charge is 0.481 e. The van der Waals surface area contributed by atoms with Gasteiger partial charge in [-0.2, -0.15) is 0 Å². The Morgan fingerprint density at radius 2 is 1.43 bits per heavy atom. The Kier molecular flexibility index (Phi) is 6.65. The van der Waals surface area contributed by atoms with Crippen molar-refractivity contribution in [1.82, 2.24) is 4.90 Å². The summed E-state index contributed by atoms with van der Waals surface area (Å²) in [7, 11) is 0. The van der Waals surface area contributed by atoms with Gasteiger partial charge in [0, 0.05) is 6.42 Å². The van der Waals surface area contributed by atoms with Crippen LogP contribution in [0.2, 0.25) is 0 Å². The van der Waals surface area contributed by atoms with Crippen molar-refractivity contribution < 1.29 is 19.5 Å². The second kappa shape index (κ2) is 9.18. The number of carbonyl (C=O) groups excluding carboxylic acids is 2. The molecule has 28 heavy (non-hydrogen) atoms. The molecule has 5 heteroatoms. The van der Waals surface area contributed by atoms with Gasteiger partial charge in [0.1, 0.15) is 0 Å². The second-order valence-electron chi connectivity index (χ2n) is 7.74. The number of rotatable bonds is 12. The number of hydrogen-bond acceptors (Lipinski definition) is 3. The Bertz CT molecular complexity index is 761. The molecule has 0 fully saturated rings. The highest BCUT2D eigenvalue weighted by Gasteiger charge is 2.49. The van der Waals surface area contributed by atoms with Gasteiger partial charge in [-0.05, 0) is 55.4 Å². The van der Waals surface area contributed by atoms with E-state index in [1.165, 1.54) is 35.3 Å². The summed E-state index contributed by atoms with van der Waals surface area (Å²) in [6.45, 7) is 2.18. The molecule has 1 N–H and O–H groups in total. The van der Waals surface area contributed by atoms with Crippen LogP contribution in [-0.4, -0.2) is 33.8 Å². The SMILES string of the molecule is CCCCCCC1=C(CCCCCC(=O)O)C1N1C(=O)c2ccccc2C1=O. The van der Waals surface area contributed by atoms with Crippen molar-refractivity contribution in [3.05, 3.63) is 46.5 Å². The predicted molar refractivity (Wildman–Crippen MR) is 107 cm³/mol. The van der Waals surface area contributed by atoms with Crippen LogP contribution >= 0.6 is 0 Å². The third-order valence-corrected chi connectivity index (χ3v) is 5.71. The summed E-state index contributed by atoms with van der Waals surface area (Å²) in [5, 5.41) is 8.76. The number of carboxylic acids is 1. The molecule has 0 aromatic heterocycles. The average Bonchev–Trinajstić information content (AvgIpc) is 3.29. The van der Waals surface area contributed by atoms with E-state index in [9.17, 15) is 14.4 Å². The number of aliphatic carboxylic acids is 1. The minimum atomic E-state index is -0.758. The van der Waals surface area contributed by atoms with Crippen LogP contribution < -0.4 is 0 Å².